The molecule has 0 heterocycles. The van der Waals surface area contributed by atoms with Gasteiger partial charge in [0, 0.05) is 20.6 Å². The Hall–Kier alpha value is 0.497. The summed E-state index contributed by atoms with van der Waals surface area (Å²) in [4.78, 5) is 0. The highest BCUT2D eigenvalue weighted by Gasteiger charge is 2.28. The van der Waals surface area contributed by atoms with Gasteiger partial charge in [-0.25, -0.2) is 0 Å². The van der Waals surface area contributed by atoms with Crippen LogP contribution in [-0.4, -0.2) is 14.2 Å². The molecule has 1 atom stereocenters. The standard InChI is InChI=1S/C10H13BrCl2Si/c1-2-9(10(12,13)14)7-3-5-8(11)6-4-7/h3-6,9H,2H2,1,14H3. The summed E-state index contributed by atoms with van der Waals surface area (Å²) in [5.41, 5.74) is 1.22. The molecule has 1 rings (SSSR count). The summed E-state index contributed by atoms with van der Waals surface area (Å²) in [5, 5.41) is 0. The van der Waals surface area contributed by atoms with Crippen LogP contribution in [0.2, 0.25) is 0 Å². The van der Waals surface area contributed by atoms with E-state index >= 15 is 0 Å². The van der Waals surface area contributed by atoms with Crippen molar-refractivity contribution in [3.63, 3.8) is 0 Å². The van der Waals surface area contributed by atoms with Crippen LogP contribution < -0.4 is 0 Å². The summed E-state index contributed by atoms with van der Waals surface area (Å²) < 4.78 is 0.516. The fourth-order valence-corrected chi connectivity index (χ4v) is 3.15. The van der Waals surface area contributed by atoms with E-state index in [1.165, 1.54) is 5.56 Å². The van der Waals surface area contributed by atoms with E-state index in [0.29, 0.717) is 0 Å². The van der Waals surface area contributed by atoms with Crippen molar-refractivity contribution in [2.75, 3.05) is 0 Å². The third-order valence-electron chi connectivity index (χ3n) is 2.29. The zero-order valence-corrected chi connectivity index (χ0v) is 13.3. The SMILES string of the molecule is CCC(c1ccc(Br)cc1)C([SiH3])(Cl)Cl. The lowest BCUT2D eigenvalue weighted by molar-refractivity contribution is 0.679. The van der Waals surface area contributed by atoms with Gasteiger partial charge in [-0.1, -0.05) is 35.0 Å². The van der Waals surface area contributed by atoms with Crippen molar-refractivity contribution in [3.8, 4) is 0 Å². The van der Waals surface area contributed by atoms with Gasteiger partial charge in [0.2, 0.25) is 0 Å². The van der Waals surface area contributed by atoms with Crippen molar-refractivity contribution in [3.05, 3.63) is 34.3 Å². The molecule has 1 unspecified atom stereocenters. The third-order valence-corrected chi connectivity index (χ3v) is 4.04. The smallest absolute Gasteiger partial charge is 0.104 e. The second kappa shape index (κ2) is 5.02. The predicted octanol–water partition coefficient (Wildman–Crippen LogP) is 3.44. The molecule has 1 aromatic carbocycles. The number of hydrogen-bond acceptors (Lipinski definition) is 0. The molecule has 0 nitrogen and oxygen atoms in total. The van der Waals surface area contributed by atoms with Crippen molar-refractivity contribution in [1.29, 1.82) is 0 Å². The molecular weight excluding hydrogens is 299 g/mol. The van der Waals surface area contributed by atoms with Gasteiger partial charge in [-0.05, 0) is 24.1 Å². The van der Waals surface area contributed by atoms with Crippen molar-refractivity contribution in [2.24, 2.45) is 0 Å². The molecule has 0 aromatic heterocycles. The minimum Gasteiger partial charge on any atom is -0.106 e. The minimum absolute atomic E-state index is 0.241. The lowest BCUT2D eigenvalue weighted by atomic mass is 9.98. The van der Waals surface area contributed by atoms with Crippen molar-refractivity contribution in [2.45, 2.75) is 23.2 Å². The normalized spacial score (nSPS) is 14.3. The van der Waals surface area contributed by atoms with Gasteiger partial charge in [-0.15, -0.1) is 23.2 Å². The molecule has 1 aromatic rings. The van der Waals surface area contributed by atoms with E-state index in [0.717, 1.165) is 21.1 Å². The molecule has 0 aliphatic carbocycles. The zero-order valence-electron chi connectivity index (χ0n) is 8.23. The number of halogens is 3. The fourth-order valence-electron chi connectivity index (χ4n) is 1.58. The Morgan fingerprint density at radius 1 is 1.36 bits per heavy atom. The van der Waals surface area contributed by atoms with Gasteiger partial charge in [0.15, 0.2) is 0 Å². The first-order valence-electron chi connectivity index (χ1n) is 4.58. The lowest BCUT2D eigenvalue weighted by Crippen LogP contribution is -2.23. The van der Waals surface area contributed by atoms with E-state index in [2.05, 4.69) is 35.0 Å². The second-order valence-electron chi connectivity index (χ2n) is 3.47. The van der Waals surface area contributed by atoms with E-state index in [4.69, 9.17) is 23.2 Å². The molecular formula is C10H13BrCl2Si. The monoisotopic (exact) mass is 310 g/mol. The van der Waals surface area contributed by atoms with Crippen molar-refractivity contribution < 1.29 is 0 Å². The van der Waals surface area contributed by atoms with Crippen LogP contribution in [0.5, 0.6) is 0 Å². The first-order valence-corrected chi connectivity index (χ1v) is 7.13. The highest BCUT2D eigenvalue weighted by Crippen LogP contribution is 2.37. The Balaban J connectivity index is 2.96. The van der Waals surface area contributed by atoms with Crippen LogP contribution in [0, 0.1) is 0 Å². The van der Waals surface area contributed by atoms with E-state index < -0.39 is 3.96 Å². The molecule has 0 bridgehead atoms. The summed E-state index contributed by atoms with van der Waals surface area (Å²) in [6.07, 6.45) is 0.970. The summed E-state index contributed by atoms with van der Waals surface area (Å²) in [6, 6.07) is 8.21. The second-order valence-corrected chi connectivity index (χ2v) is 8.99. The van der Waals surface area contributed by atoms with Crippen molar-refractivity contribution >= 4 is 49.4 Å². The summed E-state index contributed by atoms with van der Waals surface area (Å²) in [7, 11) is 0.773. The molecule has 0 saturated carbocycles. The summed E-state index contributed by atoms with van der Waals surface area (Å²) >= 11 is 15.8. The predicted molar refractivity (Wildman–Crippen MR) is 71.6 cm³/mol. The first kappa shape index (κ1) is 12.6. The van der Waals surface area contributed by atoms with Gasteiger partial charge in [0.1, 0.15) is 3.96 Å². The molecule has 0 aliphatic rings. The third kappa shape index (κ3) is 3.26. The van der Waals surface area contributed by atoms with Gasteiger partial charge in [0.25, 0.3) is 0 Å². The average molecular weight is 312 g/mol. The zero-order chi connectivity index (χ0) is 10.8. The molecule has 0 amide bonds. The minimum atomic E-state index is -0.567. The maximum Gasteiger partial charge on any atom is 0.104 e. The average Bonchev–Trinajstić information content (AvgIpc) is 2.07. The Labute approximate surface area is 107 Å². The number of hydrogen-bond donors (Lipinski definition) is 0. The largest absolute Gasteiger partial charge is 0.106 e. The van der Waals surface area contributed by atoms with E-state index in [1.54, 1.807) is 0 Å². The van der Waals surface area contributed by atoms with Gasteiger partial charge >= 0.3 is 0 Å². The molecule has 0 saturated heterocycles. The molecule has 14 heavy (non-hydrogen) atoms. The topological polar surface area (TPSA) is 0 Å². The fraction of sp³-hybridized carbons (Fsp3) is 0.400. The highest BCUT2D eigenvalue weighted by molar-refractivity contribution is 9.10. The maximum absolute atomic E-state index is 6.19. The molecule has 0 spiro atoms. The van der Waals surface area contributed by atoms with Crippen LogP contribution in [0.15, 0.2) is 28.7 Å². The van der Waals surface area contributed by atoms with Crippen LogP contribution in [0.4, 0.5) is 0 Å². The quantitative estimate of drug-likeness (QED) is 0.592. The van der Waals surface area contributed by atoms with Crippen LogP contribution >= 0.6 is 39.1 Å². The van der Waals surface area contributed by atoms with E-state index in [-0.39, 0.29) is 5.92 Å². The molecule has 0 fully saturated rings. The maximum atomic E-state index is 6.19. The van der Waals surface area contributed by atoms with Crippen molar-refractivity contribution in [1.82, 2.24) is 0 Å². The summed E-state index contributed by atoms with van der Waals surface area (Å²) in [5.74, 6) is 0.241. The Bertz CT molecular complexity index is 292. The molecule has 0 radical (unpaired) electrons. The van der Waals surface area contributed by atoms with Gasteiger partial charge in [0.05, 0.1) is 0 Å². The Morgan fingerprint density at radius 2 is 1.86 bits per heavy atom. The Kier molecular flexibility index (Phi) is 4.50. The number of benzene rings is 1. The van der Waals surface area contributed by atoms with E-state index in [9.17, 15) is 0 Å². The Morgan fingerprint density at radius 3 is 2.21 bits per heavy atom. The van der Waals surface area contributed by atoms with Crippen LogP contribution in [0.1, 0.15) is 24.8 Å². The number of alkyl halides is 2. The molecule has 78 valence electrons. The van der Waals surface area contributed by atoms with Crippen LogP contribution in [-0.2, 0) is 0 Å². The van der Waals surface area contributed by atoms with Gasteiger partial charge < -0.3 is 0 Å². The van der Waals surface area contributed by atoms with Gasteiger partial charge in [-0.2, -0.15) is 0 Å². The molecule has 0 N–H and O–H groups in total. The van der Waals surface area contributed by atoms with Crippen LogP contribution in [0.3, 0.4) is 0 Å². The molecule has 4 heteroatoms. The highest BCUT2D eigenvalue weighted by atomic mass is 79.9. The molecule has 0 aliphatic heterocycles. The van der Waals surface area contributed by atoms with Crippen LogP contribution in [0.25, 0.3) is 0 Å². The lowest BCUT2D eigenvalue weighted by Gasteiger charge is -2.25. The summed E-state index contributed by atoms with van der Waals surface area (Å²) in [6.45, 7) is 2.12. The van der Waals surface area contributed by atoms with E-state index in [1.807, 2.05) is 12.1 Å². The first-order chi connectivity index (χ1) is 6.45. The van der Waals surface area contributed by atoms with Gasteiger partial charge in [-0.3, -0.25) is 0 Å². The number of rotatable bonds is 3.